The first kappa shape index (κ1) is 17.0. The number of nitrogens with zero attached hydrogens (tertiary/aromatic N) is 2. The standard InChI is InChI=1S/C17H16N4O6/c22-13-4-3-12(14(23)19-13)21-8-9-7-10(1-2-11(9)15(21)24)18-16(25)20-5-6-27-17(20)26/h1-2,7,12H,3-6,8H2,(H,18,25)(H,19,22,23). The van der Waals surface area contributed by atoms with Crippen LogP contribution < -0.4 is 10.6 Å². The highest BCUT2D eigenvalue weighted by atomic mass is 16.6. The second kappa shape index (κ2) is 6.38. The summed E-state index contributed by atoms with van der Waals surface area (Å²) in [6, 6.07) is 3.47. The summed E-state index contributed by atoms with van der Waals surface area (Å²) in [5.41, 5.74) is 1.53. The number of piperidine rings is 1. The van der Waals surface area contributed by atoms with E-state index in [1.54, 1.807) is 18.2 Å². The monoisotopic (exact) mass is 372 g/mol. The van der Waals surface area contributed by atoms with E-state index in [4.69, 9.17) is 4.74 Å². The minimum absolute atomic E-state index is 0.159. The van der Waals surface area contributed by atoms with Gasteiger partial charge in [-0.1, -0.05) is 0 Å². The number of urea groups is 1. The molecule has 0 bridgehead atoms. The van der Waals surface area contributed by atoms with E-state index in [1.165, 1.54) is 4.90 Å². The molecule has 10 heteroatoms. The van der Waals surface area contributed by atoms with Crippen molar-refractivity contribution in [2.45, 2.75) is 25.4 Å². The van der Waals surface area contributed by atoms with Crippen molar-refractivity contribution in [3.05, 3.63) is 29.3 Å². The van der Waals surface area contributed by atoms with Crippen molar-refractivity contribution in [3.8, 4) is 0 Å². The first-order valence-electron chi connectivity index (χ1n) is 8.47. The van der Waals surface area contributed by atoms with Gasteiger partial charge in [0.05, 0.1) is 6.54 Å². The van der Waals surface area contributed by atoms with Gasteiger partial charge in [0.1, 0.15) is 12.6 Å². The molecule has 27 heavy (non-hydrogen) atoms. The zero-order valence-electron chi connectivity index (χ0n) is 14.2. The van der Waals surface area contributed by atoms with Gasteiger partial charge in [-0.3, -0.25) is 19.7 Å². The van der Waals surface area contributed by atoms with E-state index in [2.05, 4.69) is 10.6 Å². The number of cyclic esters (lactones) is 1. The van der Waals surface area contributed by atoms with Crippen molar-refractivity contribution in [2.24, 2.45) is 0 Å². The second-order valence-corrected chi connectivity index (χ2v) is 6.47. The minimum atomic E-state index is -0.701. The number of rotatable bonds is 2. The molecular formula is C17H16N4O6. The van der Waals surface area contributed by atoms with Gasteiger partial charge in [0.25, 0.3) is 5.91 Å². The van der Waals surface area contributed by atoms with Gasteiger partial charge in [-0.25, -0.2) is 14.5 Å². The summed E-state index contributed by atoms with van der Waals surface area (Å²) in [5.74, 6) is -1.11. The maximum Gasteiger partial charge on any atom is 0.418 e. The van der Waals surface area contributed by atoms with Crippen molar-refractivity contribution in [3.63, 3.8) is 0 Å². The van der Waals surface area contributed by atoms with E-state index in [-0.39, 0.29) is 44.4 Å². The Morgan fingerprint density at radius 1 is 1.22 bits per heavy atom. The van der Waals surface area contributed by atoms with Crippen molar-refractivity contribution < 1.29 is 28.7 Å². The first-order valence-corrected chi connectivity index (χ1v) is 8.47. The van der Waals surface area contributed by atoms with Crippen LogP contribution in [0.4, 0.5) is 15.3 Å². The van der Waals surface area contributed by atoms with Crippen LogP contribution in [-0.4, -0.2) is 58.8 Å². The molecule has 1 unspecified atom stereocenters. The number of hydrogen-bond acceptors (Lipinski definition) is 6. The fraction of sp³-hybridized carbons (Fsp3) is 0.353. The van der Waals surface area contributed by atoms with Crippen LogP contribution >= 0.6 is 0 Å². The summed E-state index contributed by atoms with van der Waals surface area (Å²) >= 11 is 0. The van der Waals surface area contributed by atoms with Crippen LogP contribution in [-0.2, 0) is 20.9 Å². The van der Waals surface area contributed by atoms with E-state index >= 15 is 0 Å². The van der Waals surface area contributed by atoms with Crippen LogP contribution in [0.2, 0.25) is 0 Å². The Bertz CT molecular complexity index is 882. The van der Waals surface area contributed by atoms with Crippen molar-refractivity contribution in [1.29, 1.82) is 0 Å². The van der Waals surface area contributed by atoms with Gasteiger partial charge in [0, 0.05) is 24.2 Å². The minimum Gasteiger partial charge on any atom is -0.447 e. The normalized spacial score (nSPS) is 21.9. The Labute approximate surface area is 153 Å². The Morgan fingerprint density at radius 2 is 2.04 bits per heavy atom. The molecule has 0 aromatic heterocycles. The summed E-state index contributed by atoms with van der Waals surface area (Å²) in [6.45, 7) is 0.541. The number of ether oxygens (including phenoxy) is 1. The number of anilines is 1. The number of benzene rings is 1. The number of fused-ring (bicyclic) bond motifs is 1. The van der Waals surface area contributed by atoms with Gasteiger partial charge in [0.2, 0.25) is 11.8 Å². The smallest absolute Gasteiger partial charge is 0.418 e. The maximum atomic E-state index is 12.6. The predicted octanol–water partition coefficient (Wildman–Crippen LogP) is 0.432. The molecule has 4 rings (SSSR count). The average molecular weight is 372 g/mol. The number of imide groups is 2. The first-order chi connectivity index (χ1) is 12.9. The molecule has 3 aliphatic rings. The van der Waals surface area contributed by atoms with Gasteiger partial charge in [0.15, 0.2) is 0 Å². The molecule has 0 radical (unpaired) electrons. The van der Waals surface area contributed by atoms with Crippen molar-refractivity contribution in [1.82, 2.24) is 15.1 Å². The third kappa shape index (κ3) is 2.98. The quantitative estimate of drug-likeness (QED) is 0.726. The van der Waals surface area contributed by atoms with E-state index in [0.29, 0.717) is 16.8 Å². The molecule has 3 aliphatic heterocycles. The van der Waals surface area contributed by atoms with E-state index in [0.717, 1.165) is 4.90 Å². The zero-order chi connectivity index (χ0) is 19.1. The molecule has 1 atom stereocenters. The van der Waals surface area contributed by atoms with Gasteiger partial charge in [-0.05, 0) is 30.2 Å². The van der Waals surface area contributed by atoms with Crippen molar-refractivity contribution in [2.75, 3.05) is 18.5 Å². The van der Waals surface area contributed by atoms with Crippen LogP contribution in [0.15, 0.2) is 18.2 Å². The van der Waals surface area contributed by atoms with E-state index < -0.39 is 24.1 Å². The molecule has 2 N–H and O–H groups in total. The lowest BCUT2D eigenvalue weighted by Gasteiger charge is -2.29. The van der Waals surface area contributed by atoms with Gasteiger partial charge in [-0.15, -0.1) is 0 Å². The van der Waals surface area contributed by atoms with Crippen LogP contribution in [0, 0.1) is 0 Å². The zero-order valence-corrected chi connectivity index (χ0v) is 14.2. The Kier molecular flexibility index (Phi) is 4.02. The number of nitrogens with one attached hydrogen (secondary N) is 2. The lowest BCUT2D eigenvalue weighted by Crippen LogP contribution is -2.52. The topological polar surface area (TPSA) is 125 Å². The molecule has 0 saturated carbocycles. The fourth-order valence-corrected chi connectivity index (χ4v) is 3.42. The highest BCUT2D eigenvalue weighted by Crippen LogP contribution is 2.29. The van der Waals surface area contributed by atoms with Crippen LogP contribution in [0.1, 0.15) is 28.8 Å². The van der Waals surface area contributed by atoms with E-state index in [9.17, 15) is 24.0 Å². The number of hydrogen-bond donors (Lipinski definition) is 2. The molecule has 1 aromatic carbocycles. The van der Waals surface area contributed by atoms with Gasteiger partial charge >= 0.3 is 12.1 Å². The second-order valence-electron chi connectivity index (χ2n) is 6.47. The molecule has 10 nitrogen and oxygen atoms in total. The van der Waals surface area contributed by atoms with Crippen molar-refractivity contribution >= 4 is 35.5 Å². The number of carbonyl (C=O) groups is 5. The third-order valence-electron chi connectivity index (χ3n) is 4.78. The third-order valence-corrected chi connectivity index (χ3v) is 4.78. The highest BCUT2D eigenvalue weighted by molar-refractivity contribution is 6.06. The molecule has 0 aliphatic carbocycles. The van der Waals surface area contributed by atoms with Gasteiger partial charge in [-0.2, -0.15) is 0 Å². The summed E-state index contributed by atoms with van der Waals surface area (Å²) in [5, 5.41) is 4.85. The fourth-order valence-electron chi connectivity index (χ4n) is 3.42. The summed E-state index contributed by atoms with van der Waals surface area (Å²) in [6.07, 6.45) is -0.234. The van der Waals surface area contributed by atoms with Crippen LogP contribution in [0.3, 0.4) is 0 Å². The highest BCUT2D eigenvalue weighted by Gasteiger charge is 2.39. The summed E-state index contributed by atoms with van der Waals surface area (Å²) in [4.78, 5) is 61.9. The SMILES string of the molecule is O=C1CCC(N2Cc3cc(NC(=O)N4CCOC4=O)ccc3C2=O)C(=O)N1. The maximum absolute atomic E-state index is 12.6. The molecule has 1 aromatic rings. The summed E-state index contributed by atoms with van der Waals surface area (Å²) < 4.78 is 4.72. The molecule has 140 valence electrons. The lowest BCUT2D eigenvalue weighted by molar-refractivity contribution is -0.136. The summed E-state index contributed by atoms with van der Waals surface area (Å²) in [7, 11) is 0. The van der Waals surface area contributed by atoms with Crippen LogP contribution in [0.25, 0.3) is 0 Å². The molecular weight excluding hydrogens is 356 g/mol. The van der Waals surface area contributed by atoms with Gasteiger partial charge < -0.3 is 15.0 Å². The predicted molar refractivity (Wildman–Crippen MR) is 89.6 cm³/mol. The largest absolute Gasteiger partial charge is 0.447 e. The molecule has 0 spiro atoms. The molecule has 6 amide bonds. The average Bonchev–Trinajstić information content (AvgIpc) is 3.19. The molecule has 2 fully saturated rings. The number of carbonyl (C=O) groups excluding carboxylic acids is 5. The Hall–Kier alpha value is -3.43. The Balaban J connectivity index is 1.49. The van der Waals surface area contributed by atoms with E-state index in [1.807, 2.05) is 0 Å². The lowest BCUT2D eigenvalue weighted by atomic mass is 10.0. The Morgan fingerprint density at radius 3 is 2.74 bits per heavy atom. The molecule has 2 saturated heterocycles. The number of amides is 6. The molecule has 3 heterocycles. The van der Waals surface area contributed by atoms with Crippen LogP contribution in [0.5, 0.6) is 0 Å².